The van der Waals surface area contributed by atoms with Crippen molar-refractivity contribution in [1.82, 2.24) is 14.9 Å². The molecule has 0 unspecified atom stereocenters. The van der Waals surface area contributed by atoms with Crippen LogP contribution in [0.2, 0.25) is 0 Å². The molecule has 20 heavy (non-hydrogen) atoms. The van der Waals surface area contributed by atoms with Crippen LogP contribution >= 0.6 is 0 Å². The molecule has 6 heteroatoms. The number of nitrogen functional groups attached to an aromatic ring is 1. The van der Waals surface area contributed by atoms with Gasteiger partial charge in [0, 0.05) is 25.5 Å². The number of hydrogen-bond acceptors (Lipinski definition) is 5. The molecular formula is C14H17N5O. The molecule has 0 atom stereocenters. The maximum absolute atomic E-state index is 12.4. The average Bonchev–Trinajstić information content (AvgIpc) is 2.53. The van der Waals surface area contributed by atoms with E-state index in [1.165, 1.54) is 0 Å². The first-order valence-corrected chi connectivity index (χ1v) is 6.36. The molecule has 0 aliphatic carbocycles. The number of carbonyl (C=O) groups excluding carboxylic acids is 1. The van der Waals surface area contributed by atoms with Crippen LogP contribution in [-0.2, 0) is 6.54 Å². The molecule has 104 valence electrons. The molecule has 1 amide bonds. The molecule has 0 aliphatic heterocycles. The number of nitrogens with zero attached hydrogens (tertiary/aromatic N) is 3. The van der Waals surface area contributed by atoms with Gasteiger partial charge in [0.05, 0.1) is 0 Å². The zero-order chi connectivity index (χ0) is 14.4. The standard InChI is InChI=1S/C14H17N5O/c1-2-19(10-11-6-8-16-9-7-11)14(20)12-4-3-5-13(17-12)18-15/h3-9H,2,10,15H2,1H3,(H,17,18). The second-order valence-corrected chi connectivity index (χ2v) is 4.23. The third kappa shape index (κ3) is 3.30. The third-order valence-electron chi connectivity index (χ3n) is 2.91. The number of rotatable bonds is 5. The number of hydrazine groups is 1. The van der Waals surface area contributed by atoms with Crippen LogP contribution in [0.1, 0.15) is 23.0 Å². The molecule has 2 rings (SSSR count). The molecule has 0 saturated heterocycles. The number of anilines is 1. The Morgan fingerprint density at radius 2 is 2.05 bits per heavy atom. The van der Waals surface area contributed by atoms with E-state index in [1.54, 1.807) is 35.5 Å². The fourth-order valence-corrected chi connectivity index (χ4v) is 1.83. The summed E-state index contributed by atoms with van der Waals surface area (Å²) in [5.74, 6) is 5.65. The van der Waals surface area contributed by atoms with E-state index in [1.807, 2.05) is 19.1 Å². The highest BCUT2D eigenvalue weighted by molar-refractivity contribution is 5.92. The van der Waals surface area contributed by atoms with Crippen LogP contribution in [0, 0.1) is 0 Å². The molecule has 2 aromatic rings. The summed E-state index contributed by atoms with van der Waals surface area (Å²) in [5.41, 5.74) is 3.84. The predicted molar refractivity (Wildman–Crippen MR) is 76.7 cm³/mol. The highest BCUT2D eigenvalue weighted by Crippen LogP contribution is 2.10. The molecule has 2 aromatic heterocycles. The molecule has 3 N–H and O–H groups in total. The number of amides is 1. The lowest BCUT2D eigenvalue weighted by atomic mass is 10.2. The number of hydrogen-bond donors (Lipinski definition) is 2. The second-order valence-electron chi connectivity index (χ2n) is 4.23. The number of pyridine rings is 2. The minimum absolute atomic E-state index is 0.124. The van der Waals surface area contributed by atoms with Crippen molar-refractivity contribution in [1.29, 1.82) is 0 Å². The normalized spacial score (nSPS) is 10.1. The van der Waals surface area contributed by atoms with Gasteiger partial charge in [-0.3, -0.25) is 9.78 Å². The Hall–Kier alpha value is -2.47. The summed E-state index contributed by atoms with van der Waals surface area (Å²) in [4.78, 5) is 22.3. The molecule has 0 aliphatic rings. The maximum atomic E-state index is 12.4. The van der Waals surface area contributed by atoms with Gasteiger partial charge in [0.2, 0.25) is 0 Å². The van der Waals surface area contributed by atoms with E-state index in [9.17, 15) is 4.79 Å². The molecule has 0 bridgehead atoms. The summed E-state index contributed by atoms with van der Waals surface area (Å²) in [6.45, 7) is 3.06. The summed E-state index contributed by atoms with van der Waals surface area (Å²) in [7, 11) is 0. The van der Waals surface area contributed by atoms with Crippen molar-refractivity contribution in [3.63, 3.8) is 0 Å². The van der Waals surface area contributed by atoms with Gasteiger partial charge in [-0.25, -0.2) is 10.8 Å². The first-order valence-electron chi connectivity index (χ1n) is 6.36. The largest absolute Gasteiger partial charge is 0.333 e. The van der Waals surface area contributed by atoms with E-state index >= 15 is 0 Å². The van der Waals surface area contributed by atoms with Gasteiger partial charge in [-0.2, -0.15) is 0 Å². The van der Waals surface area contributed by atoms with Gasteiger partial charge in [-0.1, -0.05) is 6.07 Å². The van der Waals surface area contributed by atoms with Crippen molar-refractivity contribution in [2.24, 2.45) is 5.84 Å². The minimum atomic E-state index is -0.124. The van der Waals surface area contributed by atoms with Crippen molar-refractivity contribution < 1.29 is 4.79 Å². The van der Waals surface area contributed by atoms with Crippen LogP contribution in [0.4, 0.5) is 5.82 Å². The molecule has 2 heterocycles. The Labute approximate surface area is 117 Å². The van der Waals surface area contributed by atoms with Gasteiger partial charge < -0.3 is 10.3 Å². The first kappa shape index (κ1) is 14.0. The van der Waals surface area contributed by atoms with Crippen molar-refractivity contribution in [3.05, 3.63) is 54.0 Å². The van der Waals surface area contributed by atoms with E-state index in [0.29, 0.717) is 24.6 Å². The number of nitrogens with two attached hydrogens (primary N) is 1. The number of aromatic nitrogens is 2. The van der Waals surface area contributed by atoms with Crippen molar-refractivity contribution in [3.8, 4) is 0 Å². The zero-order valence-electron chi connectivity index (χ0n) is 11.3. The molecule has 0 radical (unpaired) electrons. The Balaban J connectivity index is 2.16. The fourth-order valence-electron chi connectivity index (χ4n) is 1.83. The highest BCUT2D eigenvalue weighted by atomic mass is 16.2. The van der Waals surface area contributed by atoms with Crippen molar-refractivity contribution in [2.45, 2.75) is 13.5 Å². The summed E-state index contributed by atoms with van der Waals surface area (Å²) in [6.07, 6.45) is 3.43. The molecular weight excluding hydrogens is 254 g/mol. The third-order valence-corrected chi connectivity index (χ3v) is 2.91. The summed E-state index contributed by atoms with van der Waals surface area (Å²) >= 11 is 0. The second kappa shape index (κ2) is 6.63. The van der Waals surface area contributed by atoms with E-state index < -0.39 is 0 Å². The zero-order valence-corrected chi connectivity index (χ0v) is 11.3. The SMILES string of the molecule is CCN(Cc1ccncc1)C(=O)c1cccc(NN)n1. The summed E-state index contributed by atoms with van der Waals surface area (Å²) in [6, 6.07) is 8.91. The Morgan fingerprint density at radius 3 is 2.70 bits per heavy atom. The van der Waals surface area contributed by atoms with Crippen molar-refractivity contribution in [2.75, 3.05) is 12.0 Å². The van der Waals surface area contributed by atoms with Crippen LogP contribution in [0.3, 0.4) is 0 Å². The van der Waals surface area contributed by atoms with Crippen molar-refractivity contribution >= 4 is 11.7 Å². The lowest BCUT2D eigenvalue weighted by Gasteiger charge is -2.20. The lowest BCUT2D eigenvalue weighted by Crippen LogP contribution is -2.31. The molecule has 0 fully saturated rings. The lowest BCUT2D eigenvalue weighted by molar-refractivity contribution is 0.0747. The van der Waals surface area contributed by atoms with E-state index in [-0.39, 0.29) is 5.91 Å². The number of nitrogens with one attached hydrogen (secondary N) is 1. The van der Waals surface area contributed by atoms with Gasteiger partial charge in [0.25, 0.3) is 5.91 Å². The quantitative estimate of drug-likeness (QED) is 0.634. The van der Waals surface area contributed by atoms with E-state index in [2.05, 4.69) is 15.4 Å². The van der Waals surface area contributed by atoms with Crippen LogP contribution in [-0.4, -0.2) is 27.3 Å². The van der Waals surface area contributed by atoms with Gasteiger partial charge in [-0.05, 0) is 36.8 Å². The monoisotopic (exact) mass is 271 g/mol. The smallest absolute Gasteiger partial charge is 0.272 e. The van der Waals surface area contributed by atoms with Gasteiger partial charge >= 0.3 is 0 Å². The van der Waals surface area contributed by atoms with Gasteiger partial charge in [0.1, 0.15) is 11.5 Å². The van der Waals surface area contributed by atoms with Crippen LogP contribution in [0.5, 0.6) is 0 Å². The number of carbonyl (C=O) groups is 1. The minimum Gasteiger partial charge on any atom is -0.333 e. The predicted octanol–water partition coefficient (Wildman–Crippen LogP) is 1.42. The summed E-state index contributed by atoms with van der Waals surface area (Å²) < 4.78 is 0. The Kier molecular flexibility index (Phi) is 4.62. The van der Waals surface area contributed by atoms with Gasteiger partial charge in [0.15, 0.2) is 0 Å². The fraction of sp³-hybridized carbons (Fsp3) is 0.214. The molecule has 0 saturated carbocycles. The van der Waals surface area contributed by atoms with Crippen LogP contribution in [0.15, 0.2) is 42.7 Å². The summed E-state index contributed by atoms with van der Waals surface area (Å²) in [5, 5.41) is 0. The molecule has 0 aromatic carbocycles. The average molecular weight is 271 g/mol. The van der Waals surface area contributed by atoms with E-state index in [0.717, 1.165) is 5.56 Å². The Morgan fingerprint density at radius 1 is 1.30 bits per heavy atom. The van der Waals surface area contributed by atoms with Gasteiger partial charge in [-0.15, -0.1) is 0 Å². The van der Waals surface area contributed by atoms with Crippen LogP contribution < -0.4 is 11.3 Å². The van der Waals surface area contributed by atoms with Crippen LogP contribution in [0.25, 0.3) is 0 Å². The topological polar surface area (TPSA) is 84.1 Å². The Bertz CT molecular complexity index is 573. The highest BCUT2D eigenvalue weighted by Gasteiger charge is 2.16. The van der Waals surface area contributed by atoms with E-state index in [4.69, 9.17) is 5.84 Å². The molecule has 6 nitrogen and oxygen atoms in total. The first-order chi connectivity index (χ1) is 9.74. The maximum Gasteiger partial charge on any atom is 0.272 e. The molecule has 0 spiro atoms.